The zero-order chi connectivity index (χ0) is 14.9. The molecule has 2 rings (SSSR count). The standard InChI is InChI=1S/C16H23NO3/c1-9-11(3)20-12(4)15(9)16(19)17-14-8-6-5-7-13(14)10(2)18/h5-12,15,18H,1-4H3,(H,17,19). The Morgan fingerprint density at radius 1 is 1.25 bits per heavy atom. The van der Waals surface area contributed by atoms with E-state index in [9.17, 15) is 9.90 Å². The fourth-order valence-electron chi connectivity index (χ4n) is 2.91. The molecule has 1 aliphatic heterocycles. The van der Waals surface area contributed by atoms with Crippen LogP contribution in [0.2, 0.25) is 0 Å². The summed E-state index contributed by atoms with van der Waals surface area (Å²) in [5, 5.41) is 12.7. The van der Waals surface area contributed by atoms with Crippen molar-refractivity contribution in [2.45, 2.75) is 46.0 Å². The van der Waals surface area contributed by atoms with Gasteiger partial charge < -0.3 is 15.2 Å². The number of ether oxygens (including phenoxy) is 1. The fraction of sp³-hybridized carbons (Fsp3) is 0.562. The van der Waals surface area contributed by atoms with Crippen molar-refractivity contribution in [3.8, 4) is 0 Å². The number of anilines is 1. The van der Waals surface area contributed by atoms with E-state index >= 15 is 0 Å². The summed E-state index contributed by atoms with van der Waals surface area (Å²) < 4.78 is 5.71. The average molecular weight is 277 g/mol. The number of rotatable bonds is 3. The molecule has 5 unspecified atom stereocenters. The topological polar surface area (TPSA) is 58.6 Å². The number of para-hydroxylation sites is 1. The molecule has 1 heterocycles. The van der Waals surface area contributed by atoms with E-state index in [4.69, 9.17) is 4.74 Å². The number of hydrogen-bond acceptors (Lipinski definition) is 3. The molecule has 0 radical (unpaired) electrons. The monoisotopic (exact) mass is 277 g/mol. The maximum absolute atomic E-state index is 12.5. The lowest BCUT2D eigenvalue weighted by Crippen LogP contribution is -2.32. The molecule has 4 nitrogen and oxygen atoms in total. The number of hydrogen-bond donors (Lipinski definition) is 2. The molecular weight excluding hydrogens is 254 g/mol. The molecule has 0 aromatic heterocycles. The van der Waals surface area contributed by atoms with Crippen LogP contribution < -0.4 is 5.32 Å². The van der Waals surface area contributed by atoms with E-state index in [-0.39, 0.29) is 30.0 Å². The van der Waals surface area contributed by atoms with Crippen LogP contribution in [0.15, 0.2) is 24.3 Å². The molecule has 0 aliphatic carbocycles. The van der Waals surface area contributed by atoms with Crippen LogP contribution in [0.1, 0.15) is 39.4 Å². The van der Waals surface area contributed by atoms with Crippen LogP contribution in [-0.2, 0) is 9.53 Å². The molecule has 4 heteroatoms. The van der Waals surface area contributed by atoms with E-state index < -0.39 is 6.10 Å². The van der Waals surface area contributed by atoms with Gasteiger partial charge in [0, 0.05) is 11.3 Å². The lowest BCUT2D eigenvalue weighted by molar-refractivity contribution is -0.121. The molecule has 1 aromatic rings. The molecule has 1 fully saturated rings. The highest BCUT2D eigenvalue weighted by Crippen LogP contribution is 2.33. The van der Waals surface area contributed by atoms with Gasteiger partial charge in [-0.3, -0.25) is 4.79 Å². The highest BCUT2D eigenvalue weighted by atomic mass is 16.5. The third-order valence-corrected chi connectivity index (χ3v) is 4.21. The van der Waals surface area contributed by atoms with Gasteiger partial charge in [-0.2, -0.15) is 0 Å². The minimum atomic E-state index is -0.611. The van der Waals surface area contributed by atoms with E-state index in [1.807, 2.05) is 45.0 Å². The van der Waals surface area contributed by atoms with Crippen molar-refractivity contribution in [2.75, 3.05) is 5.32 Å². The van der Waals surface area contributed by atoms with Gasteiger partial charge in [-0.1, -0.05) is 25.1 Å². The number of amides is 1. The Labute approximate surface area is 120 Å². The average Bonchev–Trinajstić information content (AvgIpc) is 2.63. The van der Waals surface area contributed by atoms with Crippen molar-refractivity contribution < 1.29 is 14.6 Å². The van der Waals surface area contributed by atoms with Crippen molar-refractivity contribution in [1.29, 1.82) is 0 Å². The maximum Gasteiger partial charge on any atom is 0.230 e. The van der Waals surface area contributed by atoms with Gasteiger partial charge in [0.05, 0.1) is 24.2 Å². The van der Waals surface area contributed by atoms with Crippen molar-refractivity contribution >= 4 is 11.6 Å². The van der Waals surface area contributed by atoms with E-state index in [1.165, 1.54) is 0 Å². The smallest absolute Gasteiger partial charge is 0.230 e. The summed E-state index contributed by atoms with van der Waals surface area (Å²) in [4.78, 5) is 12.5. The van der Waals surface area contributed by atoms with Crippen LogP contribution in [0, 0.1) is 11.8 Å². The first kappa shape index (κ1) is 15.0. The molecule has 2 N–H and O–H groups in total. The number of carbonyl (C=O) groups is 1. The maximum atomic E-state index is 12.5. The Bertz CT molecular complexity index is 486. The Morgan fingerprint density at radius 3 is 2.45 bits per heavy atom. The van der Waals surface area contributed by atoms with Gasteiger partial charge in [0.1, 0.15) is 0 Å². The fourth-order valence-corrected chi connectivity index (χ4v) is 2.91. The number of carbonyl (C=O) groups excluding carboxylic acids is 1. The van der Waals surface area contributed by atoms with Gasteiger partial charge in [-0.05, 0) is 32.8 Å². The summed E-state index contributed by atoms with van der Waals surface area (Å²) in [5.41, 5.74) is 1.40. The van der Waals surface area contributed by atoms with Crippen LogP contribution in [0.3, 0.4) is 0 Å². The van der Waals surface area contributed by atoms with Crippen LogP contribution in [0.25, 0.3) is 0 Å². The molecule has 20 heavy (non-hydrogen) atoms. The predicted octanol–water partition coefficient (Wildman–Crippen LogP) is 2.74. The first-order chi connectivity index (χ1) is 9.41. The van der Waals surface area contributed by atoms with Crippen molar-refractivity contribution in [1.82, 2.24) is 0 Å². The van der Waals surface area contributed by atoms with E-state index in [0.29, 0.717) is 5.69 Å². The van der Waals surface area contributed by atoms with Gasteiger partial charge in [0.25, 0.3) is 0 Å². The molecule has 0 spiro atoms. The number of aliphatic hydroxyl groups is 1. The van der Waals surface area contributed by atoms with E-state index in [1.54, 1.807) is 6.92 Å². The third-order valence-electron chi connectivity index (χ3n) is 4.21. The highest BCUT2D eigenvalue weighted by molar-refractivity contribution is 5.94. The Hall–Kier alpha value is -1.39. The SMILES string of the molecule is CC(O)c1ccccc1NC(=O)C1C(C)OC(C)C1C. The minimum Gasteiger partial charge on any atom is -0.389 e. The lowest BCUT2D eigenvalue weighted by atomic mass is 9.88. The van der Waals surface area contributed by atoms with Crippen LogP contribution in [-0.4, -0.2) is 23.2 Å². The summed E-state index contributed by atoms with van der Waals surface area (Å²) >= 11 is 0. The van der Waals surface area contributed by atoms with Crippen LogP contribution in [0.5, 0.6) is 0 Å². The molecule has 1 saturated heterocycles. The summed E-state index contributed by atoms with van der Waals surface area (Å²) in [6.45, 7) is 7.67. The third kappa shape index (κ3) is 2.86. The normalized spacial score (nSPS) is 31.1. The van der Waals surface area contributed by atoms with Crippen molar-refractivity contribution in [3.05, 3.63) is 29.8 Å². The Balaban J connectivity index is 2.16. The van der Waals surface area contributed by atoms with Gasteiger partial charge in [-0.15, -0.1) is 0 Å². The molecule has 0 saturated carbocycles. The van der Waals surface area contributed by atoms with Crippen LogP contribution in [0.4, 0.5) is 5.69 Å². The molecule has 1 aliphatic rings. The molecule has 5 atom stereocenters. The number of aliphatic hydroxyl groups excluding tert-OH is 1. The predicted molar refractivity (Wildman–Crippen MR) is 78.4 cm³/mol. The summed E-state index contributed by atoms with van der Waals surface area (Å²) in [7, 11) is 0. The van der Waals surface area contributed by atoms with E-state index in [0.717, 1.165) is 5.56 Å². The molecular formula is C16H23NO3. The second-order valence-corrected chi connectivity index (χ2v) is 5.68. The number of nitrogens with one attached hydrogen (secondary N) is 1. The summed E-state index contributed by atoms with van der Waals surface area (Å²) in [5.74, 6) is -0.0155. The van der Waals surface area contributed by atoms with Crippen molar-refractivity contribution in [3.63, 3.8) is 0 Å². The first-order valence-electron chi connectivity index (χ1n) is 7.15. The summed E-state index contributed by atoms with van der Waals surface area (Å²) in [6.07, 6.45) is -0.605. The highest BCUT2D eigenvalue weighted by Gasteiger charge is 2.41. The summed E-state index contributed by atoms with van der Waals surface area (Å²) in [6, 6.07) is 7.33. The van der Waals surface area contributed by atoms with Crippen LogP contribution >= 0.6 is 0 Å². The van der Waals surface area contributed by atoms with Gasteiger partial charge in [-0.25, -0.2) is 0 Å². The van der Waals surface area contributed by atoms with Gasteiger partial charge >= 0.3 is 0 Å². The van der Waals surface area contributed by atoms with Crippen molar-refractivity contribution in [2.24, 2.45) is 11.8 Å². The number of benzene rings is 1. The van der Waals surface area contributed by atoms with Gasteiger partial charge in [0.2, 0.25) is 5.91 Å². The zero-order valence-corrected chi connectivity index (χ0v) is 12.5. The minimum absolute atomic E-state index is 0.0394. The molecule has 110 valence electrons. The van der Waals surface area contributed by atoms with Gasteiger partial charge in [0.15, 0.2) is 0 Å². The quantitative estimate of drug-likeness (QED) is 0.893. The zero-order valence-electron chi connectivity index (χ0n) is 12.5. The first-order valence-corrected chi connectivity index (χ1v) is 7.15. The molecule has 1 aromatic carbocycles. The second-order valence-electron chi connectivity index (χ2n) is 5.68. The second kappa shape index (κ2) is 5.94. The van der Waals surface area contributed by atoms with E-state index in [2.05, 4.69) is 5.32 Å². The largest absolute Gasteiger partial charge is 0.389 e. The molecule has 0 bridgehead atoms. The molecule has 1 amide bonds. The lowest BCUT2D eigenvalue weighted by Gasteiger charge is -2.20. The Morgan fingerprint density at radius 2 is 1.90 bits per heavy atom. The Kier molecular flexibility index (Phi) is 4.45.